The third kappa shape index (κ3) is 3.83. The minimum atomic E-state index is -1.00. The van der Waals surface area contributed by atoms with Crippen molar-refractivity contribution >= 4 is 17.9 Å². The van der Waals surface area contributed by atoms with Gasteiger partial charge in [-0.15, -0.1) is 0 Å². The molecule has 29 heavy (non-hydrogen) atoms. The summed E-state index contributed by atoms with van der Waals surface area (Å²) >= 11 is 0. The summed E-state index contributed by atoms with van der Waals surface area (Å²) in [5, 5.41) is 8.74. The standard InChI is InChI=1S/C22H22N4O3/c1-22(15-16-8-5-4-6-9-16)21(28)25(2)18(20(27)26(22)3)14-17-10-7-12-24-19(17)29-13-11-23/h4-10,12,14H,13,15H2,1-3H3. The molecule has 1 aromatic heterocycles. The van der Waals surface area contributed by atoms with Gasteiger partial charge in [0, 0.05) is 32.3 Å². The molecule has 0 N–H and O–H groups in total. The van der Waals surface area contributed by atoms with E-state index >= 15 is 0 Å². The van der Waals surface area contributed by atoms with E-state index < -0.39 is 5.54 Å². The van der Waals surface area contributed by atoms with Gasteiger partial charge >= 0.3 is 0 Å². The highest BCUT2D eigenvalue weighted by molar-refractivity contribution is 6.08. The molecule has 1 aliphatic heterocycles. The third-order valence-electron chi connectivity index (χ3n) is 5.15. The van der Waals surface area contributed by atoms with Crippen molar-refractivity contribution in [2.45, 2.75) is 18.9 Å². The van der Waals surface area contributed by atoms with E-state index in [9.17, 15) is 9.59 Å². The fourth-order valence-corrected chi connectivity index (χ4v) is 3.38. The quantitative estimate of drug-likeness (QED) is 0.731. The largest absolute Gasteiger partial charge is 0.462 e. The van der Waals surface area contributed by atoms with E-state index in [1.807, 2.05) is 36.4 Å². The molecule has 1 fully saturated rings. The van der Waals surface area contributed by atoms with Crippen LogP contribution in [0.1, 0.15) is 18.1 Å². The van der Waals surface area contributed by atoms with E-state index in [0.29, 0.717) is 12.0 Å². The number of likely N-dealkylation sites (N-methyl/N-ethyl adjacent to an activating group) is 2. The van der Waals surface area contributed by atoms with E-state index in [-0.39, 0.29) is 30.0 Å². The van der Waals surface area contributed by atoms with E-state index in [0.717, 1.165) is 5.56 Å². The molecule has 1 aliphatic rings. The van der Waals surface area contributed by atoms with E-state index in [4.69, 9.17) is 10.00 Å². The fourth-order valence-electron chi connectivity index (χ4n) is 3.38. The van der Waals surface area contributed by atoms with Crippen LogP contribution in [-0.2, 0) is 16.0 Å². The average Bonchev–Trinajstić information content (AvgIpc) is 2.74. The number of amides is 2. The number of aromatic nitrogens is 1. The molecule has 0 saturated carbocycles. The summed E-state index contributed by atoms with van der Waals surface area (Å²) in [5.41, 5.74) is 0.714. The van der Waals surface area contributed by atoms with Gasteiger partial charge in [0.1, 0.15) is 17.3 Å². The number of carbonyl (C=O) groups is 2. The minimum absolute atomic E-state index is 0.162. The SMILES string of the molecule is CN1C(=O)C(C)(Cc2ccccc2)N(C)C(=O)C1=Cc1cccnc1OCC#N. The summed E-state index contributed by atoms with van der Waals surface area (Å²) in [4.78, 5) is 33.4. The predicted octanol–water partition coefficient (Wildman–Crippen LogP) is 2.26. The number of hydrogen-bond acceptors (Lipinski definition) is 5. The molecule has 0 bridgehead atoms. The van der Waals surface area contributed by atoms with Crippen LogP contribution < -0.4 is 4.74 Å². The zero-order valence-electron chi connectivity index (χ0n) is 16.6. The summed E-state index contributed by atoms with van der Waals surface area (Å²) in [6, 6.07) is 14.9. The van der Waals surface area contributed by atoms with Crippen LogP contribution in [0.25, 0.3) is 6.08 Å². The second-order valence-electron chi connectivity index (χ2n) is 7.04. The van der Waals surface area contributed by atoms with Gasteiger partial charge in [0.2, 0.25) is 5.88 Å². The highest BCUT2D eigenvalue weighted by Gasteiger charge is 2.48. The molecule has 1 atom stereocenters. The van der Waals surface area contributed by atoms with Crippen molar-refractivity contribution in [3.05, 3.63) is 65.5 Å². The fraction of sp³-hybridized carbons (Fsp3) is 0.273. The van der Waals surface area contributed by atoms with Crippen molar-refractivity contribution in [2.75, 3.05) is 20.7 Å². The molecule has 2 amide bonds. The van der Waals surface area contributed by atoms with Gasteiger partial charge in [0.05, 0.1) is 0 Å². The molecular weight excluding hydrogens is 368 g/mol. The van der Waals surface area contributed by atoms with E-state index in [1.54, 1.807) is 39.2 Å². The third-order valence-corrected chi connectivity index (χ3v) is 5.15. The summed E-state index contributed by atoms with van der Waals surface area (Å²) < 4.78 is 5.33. The van der Waals surface area contributed by atoms with Crippen LogP contribution in [0.5, 0.6) is 5.88 Å². The zero-order chi connectivity index (χ0) is 21.0. The molecule has 2 aromatic rings. The molecule has 0 radical (unpaired) electrons. The highest BCUT2D eigenvalue weighted by Crippen LogP contribution is 2.32. The van der Waals surface area contributed by atoms with Crippen LogP contribution in [0.15, 0.2) is 54.4 Å². The lowest BCUT2D eigenvalue weighted by molar-refractivity contribution is -0.155. The summed E-state index contributed by atoms with van der Waals surface area (Å²) in [7, 11) is 3.23. The van der Waals surface area contributed by atoms with Gasteiger partial charge in [0.15, 0.2) is 6.61 Å². The second kappa shape index (κ2) is 8.15. The molecule has 1 aromatic carbocycles. The zero-order valence-corrected chi connectivity index (χ0v) is 16.6. The average molecular weight is 390 g/mol. The van der Waals surface area contributed by atoms with Crippen LogP contribution in [0, 0.1) is 11.3 Å². The monoisotopic (exact) mass is 390 g/mol. The van der Waals surface area contributed by atoms with Gasteiger partial charge in [0.25, 0.3) is 11.8 Å². The topological polar surface area (TPSA) is 86.5 Å². The van der Waals surface area contributed by atoms with Crippen molar-refractivity contribution in [1.82, 2.24) is 14.8 Å². The number of pyridine rings is 1. The number of hydrogen-bond donors (Lipinski definition) is 0. The Labute approximate surface area is 169 Å². The number of benzene rings is 1. The maximum atomic E-state index is 13.3. The van der Waals surface area contributed by atoms with Crippen molar-refractivity contribution in [3.63, 3.8) is 0 Å². The van der Waals surface area contributed by atoms with Crippen molar-refractivity contribution < 1.29 is 14.3 Å². The Balaban J connectivity index is 1.96. The van der Waals surface area contributed by atoms with Gasteiger partial charge in [-0.1, -0.05) is 30.3 Å². The first kappa shape index (κ1) is 20.1. The molecule has 7 heteroatoms. The highest BCUT2D eigenvalue weighted by atomic mass is 16.5. The molecule has 1 unspecified atom stereocenters. The van der Waals surface area contributed by atoms with Crippen molar-refractivity contribution in [3.8, 4) is 11.9 Å². The molecule has 1 saturated heterocycles. The lowest BCUT2D eigenvalue weighted by atomic mass is 9.87. The van der Waals surface area contributed by atoms with Gasteiger partial charge in [-0.25, -0.2) is 4.98 Å². The number of piperazine rings is 1. The van der Waals surface area contributed by atoms with Gasteiger partial charge in [-0.05, 0) is 30.7 Å². The molecule has 0 spiro atoms. The molecular formula is C22H22N4O3. The minimum Gasteiger partial charge on any atom is -0.462 e. The van der Waals surface area contributed by atoms with Crippen LogP contribution in [0.4, 0.5) is 0 Å². The first-order valence-corrected chi connectivity index (χ1v) is 9.15. The number of carbonyl (C=O) groups excluding carboxylic acids is 2. The molecule has 2 heterocycles. The summed E-state index contributed by atoms with van der Waals surface area (Å²) in [5.74, 6) is -0.228. The van der Waals surface area contributed by atoms with E-state index in [1.165, 1.54) is 16.0 Å². The normalized spacial score (nSPS) is 20.7. The maximum Gasteiger partial charge on any atom is 0.271 e. The van der Waals surface area contributed by atoms with Crippen LogP contribution in [0.3, 0.4) is 0 Å². The summed E-state index contributed by atoms with van der Waals surface area (Å²) in [6.45, 7) is 1.62. The summed E-state index contributed by atoms with van der Waals surface area (Å²) in [6.07, 6.45) is 3.52. The molecule has 3 rings (SSSR count). The first-order chi connectivity index (χ1) is 13.9. The second-order valence-corrected chi connectivity index (χ2v) is 7.04. The van der Waals surface area contributed by atoms with Crippen molar-refractivity contribution in [2.24, 2.45) is 0 Å². The number of nitrogens with zero attached hydrogens (tertiary/aromatic N) is 4. The van der Waals surface area contributed by atoms with Gasteiger partial charge < -0.3 is 14.5 Å². The Kier molecular flexibility index (Phi) is 5.64. The Bertz CT molecular complexity index is 997. The Morgan fingerprint density at radius 3 is 2.59 bits per heavy atom. The van der Waals surface area contributed by atoms with Crippen LogP contribution >= 0.6 is 0 Å². The molecule has 0 aliphatic carbocycles. The number of nitriles is 1. The number of rotatable bonds is 5. The Hall–Kier alpha value is -3.66. The van der Waals surface area contributed by atoms with Crippen molar-refractivity contribution in [1.29, 1.82) is 5.26 Å². The number of ether oxygens (including phenoxy) is 1. The smallest absolute Gasteiger partial charge is 0.271 e. The van der Waals surface area contributed by atoms with Crippen LogP contribution in [-0.4, -0.2) is 52.8 Å². The predicted molar refractivity (Wildman–Crippen MR) is 107 cm³/mol. The Morgan fingerprint density at radius 1 is 1.17 bits per heavy atom. The molecule has 7 nitrogen and oxygen atoms in total. The lowest BCUT2D eigenvalue weighted by Gasteiger charge is -2.45. The van der Waals surface area contributed by atoms with Gasteiger partial charge in [-0.3, -0.25) is 9.59 Å². The lowest BCUT2D eigenvalue weighted by Crippen LogP contribution is -2.64. The van der Waals surface area contributed by atoms with E-state index in [2.05, 4.69) is 4.98 Å². The first-order valence-electron chi connectivity index (χ1n) is 9.15. The van der Waals surface area contributed by atoms with Crippen LogP contribution in [0.2, 0.25) is 0 Å². The van der Waals surface area contributed by atoms with Gasteiger partial charge in [-0.2, -0.15) is 5.26 Å². The molecule has 148 valence electrons. The Morgan fingerprint density at radius 2 is 1.90 bits per heavy atom. The maximum absolute atomic E-state index is 13.3.